The van der Waals surface area contributed by atoms with Crippen LogP contribution in [0.2, 0.25) is 0 Å². The summed E-state index contributed by atoms with van der Waals surface area (Å²) in [4.78, 5) is 12.9. The topological polar surface area (TPSA) is 47.6 Å². The van der Waals surface area contributed by atoms with Crippen LogP contribution in [0.1, 0.15) is 63.5 Å². The molecule has 0 spiro atoms. The van der Waals surface area contributed by atoms with Crippen molar-refractivity contribution in [2.24, 2.45) is 5.41 Å². The van der Waals surface area contributed by atoms with Crippen LogP contribution in [0.25, 0.3) is 0 Å². The lowest BCUT2D eigenvalue weighted by Crippen LogP contribution is -2.45. The fraction of sp³-hybridized carbons (Fsp3) is 0.519. The summed E-state index contributed by atoms with van der Waals surface area (Å²) in [7, 11) is 0. The average Bonchev–Trinajstić information content (AvgIpc) is 2.76. The first-order valence-electron chi connectivity index (χ1n) is 11.7. The van der Waals surface area contributed by atoms with Gasteiger partial charge in [-0.3, -0.25) is 4.79 Å². The van der Waals surface area contributed by atoms with Gasteiger partial charge >= 0.3 is 0 Å². The van der Waals surface area contributed by atoms with Crippen LogP contribution in [-0.2, 0) is 4.79 Å². The zero-order chi connectivity index (χ0) is 23.1. The van der Waals surface area contributed by atoms with Gasteiger partial charge in [-0.15, -0.1) is 0 Å². The summed E-state index contributed by atoms with van der Waals surface area (Å²) in [5, 5.41) is 3.28. The van der Waals surface area contributed by atoms with Crippen LogP contribution in [0.3, 0.4) is 0 Å². The number of carbonyl (C=O) groups is 1. The van der Waals surface area contributed by atoms with E-state index in [1.807, 2.05) is 38.1 Å². The van der Waals surface area contributed by atoms with Gasteiger partial charge in [-0.1, -0.05) is 41.9 Å². The number of halogens is 1. The molecule has 0 bridgehead atoms. The summed E-state index contributed by atoms with van der Waals surface area (Å²) in [5.41, 5.74) is 1.94. The number of nitrogens with one attached hydrogen (secondary N) is 1. The summed E-state index contributed by atoms with van der Waals surface area (Å²) >= 11 is 3.45. The van der Waals surface area contributed by atoms with E-state index >= 15 is 0 Å². The largest absolute Gasteiger partial charge is 0.493 e. The molecule has 0 saturated heterocycles. The highest BCUT2D eigenvalue weighted by molar-refractivity contribution is 9.10. The lowest BCUT2D eigenvalue weighted by molar-refractivity contribution is -0.130. The number of hydrogen-bond acceptors (Lipinski definition) is 3. The highest BCUT2D eigenvalue weighted by Crippen LogP contribution is 2.28. The molecule has 0 heterocycles. The molecule has 1 aliphatic carbocycles. The Bertz CT molecular complexity index is 886. The van der Waals surface area contributed by atoms with Gasteiger partial charge in [0.2, 0.25) is 5.91 Å². The molecular weight excluding hydrogens is 466 g/mol. The third-order valence-corrected chi connectivity index (χ3v) is 6.82. The second kappa shape index (κ2) is 11.2. The van der Waals surface area contributed by atoms with Crippen molar-refractivity contribution < 1.29 is 14.3 Å². The van der Waals surface area contributed by atoms with Gasteiger partial charge in [0.1, 0.15) is 11.5 Å². The quantitative estimate of drug-likeness (QED) is 0.386. The SMILES string of the molecule is Cc1ccc(C)c(OCCCC(C)(C)C(=O)N[C@H]2CC[C@H](Oc3ccc(Br)cc3)CC2)c1. The van der Waals surface area contributed by atoms with E-state index in [0.29, 0.717) is 6.61 Å². The molecule has 1 fully saturated rings. The van der Waals surface area contributed by atoms with Crippen molar-refractivity contribution in [3.05, 3.63) is 58.1 Å². The van der Waals surface area contributed by atoms with Gasteiger partial charge in [0, 0.05) is 15.9 Å². The summed E-state index contributed by atoms with van der Waals surface area (Å²) in [6.45, 7) is 8.81. The maximum atomic E-state index is 12.9. The third kappa shape index (κ3) is 7.26. The van der Waals surface area contributed by atoms with Crippen molar-refractivity contribution in [2.45, 2.75) is 78.4 Å². The Morgan fingerprint density at radius 1 is 1.06 bits per heavy atom. The number of benzene rings is 2. The molecule has 0 aliphatic heterocycles. The normalized spacial score (nSPS) is 18.8. The zero-order valence-corrected chi connectivity index (χ0v) is 21.3. The summed E-state index contributed by atoms with van der Waals surface area (Å²) in [6.07, 6.45) is 5.71. The van der Waals surface area contributed by atoms with Gasteiger partial charge in [-0.2, -0.15) is 0 Å². The minimum absolute atomic E-state index is 0.140. The molecule has 3 rings (SSSR count). The maximum Gasteiger partial charge on any atom is 0.225 e. The van der Waals surface area contributed by atoms with Crippen LogP contribution in [0, 0.1) is 19.3 Å². The number of aryl methyl sites for hydroxylation is 2. The molecule has 1 amide bonds. The molecule has 32 heavy (non-hydrogen) atoms. The average molecular weight is 502 g/mol. The number of rotatable bonds is 9. The highest BCUT2D eigenvalue weighted by atomic mass is 79.9. The van der Waals surface area contributed by atoms with Crippen LogP contribution in [-0.4, -0.2) is 24.7 Å². The molecule has 2 aromatic carbocycles. The first-order chi connectivity index (χ1) is 15.2. The molecule has 0 atom stereocenters. The standard InChI is InChI=1S/C27H36BrNO3/c1-19-6-7-20(2)25(18-19)31-17-5-16-27(3,4)26(30)29-22-10-14-24(15-11-22)32-23-12-8-21(28)9-13-23/h6-9,12-13,18,22,24H,5,10-11,14-17H2,1-4H3,(H,29,30)/t22-,24-. The Kier molecular flexibility index (Phi) is 8.64. The summed E-state index contributed by atoms with van der Waals surface area (Å²) in [5.74, 6) is 1.99. The van der Waals surface area contributed by atoms with Crippen molar-refractivity contribution >= 4 is 21.8 Å². The van der Waals surface area contributed by atoms with Crippen molar-refractivity contribution in [3.8, 4) is 11.5 Å². The van der Waals surface area contributed by atoms with Crippen molar-refractivity contribution in [1.29, 1.82) is 0 Å². The van der Waals surface area contributed by atoms with E-state index in [-0.39, 0.29) is 18.1 Å². The van der Waals surface area contributed by atoms with E-state index in [2.05, 4.69) is 53.3 Å². The first-order valence-corrected chi connectivity index (χ1v) is 12.5. The molecular formula is C27H36BrNO3. The Morgan fingerprint density at radius 2 is 1.75 bits per heavy atom. The number of ether oxygens (including phenoxy) is 2. The zero-order valence-electron chi connectivity index (χ0n) is 19.7. The molecule has 4 nitrogen and oxygen atoms in total. The predicted octanol–water partition coefficient (Wildman–Crippen LogP) is 6.76. The van der Waals surface area contributed by atoms with E-state index in [1.165, 1.54) is 5.56 Å². The molecule has 5 heteroatoms. The second-order valence-electron chi connectivity index (χ2n) is 9.62. The number of hydrogen-bond donors (Lipinski definition) is 1. The Morgan fingerprint density at radius 3 is 2.44 bits per heavy atom. The molecule has 2 aromatic rings. The molecule has 0 radical (unpaired) electrons. The number of carbonyl (C=O) groups excluding carboxylic acids is 1. The van der Waals surface area contributed by atoms with Crippen LogP contribution in [0.5, 0.6) is 11.5 Å². The Balaban J connectivity index is 1.37. The maximum absolute atomic E-state index is 12.9. The monoisotopic (exact) mass is 501 g/mol. The van der Waals surface area contributed by atoms with Crippen LogP contribution in [0.4, 0.5) is 0 Å². The van der Waals surface area contributed by atoms with Gasteiger partial charge in [0.25, 0.3) is 0 Å². The van der Waals surface area contributed by atoms with E-state index in [1.54, 1.807) is 0 Å². The lowest BCUT2D eigenvalue weighted by atomic mass is 9.85. The minimum Gasteiger partial charge on any atom is -0.493 e. The fourth-order valence-electron chi connectivity index (χ4n) is 4.08. The van der Waals surface area contributed by atoms with Crippen LogP contribution < -0.4 is 14.8 Å². The summed E-state index contributed by atoms with van der Waals surface area (Å²) in [6, 6.07) is 14.5. The van der Waals surface area contributed by atoms with Gasteiger partial charge in [-0.25, -0.2) is 0 Å². The van der Waals surface area contributed by atoms with E-state index in [0.717, 1.165) is 60.1 Å². The molecule has 174 valence electrons. The van der Waals surface area contributed by atoms with Crippen molar-refractivity contribution in [3.63, 3.8) is 0 Å². The Labute approximate surface area is 201 Å². The van der Waals surface area contributed by atoms with E-state index < -0.39 is 5.41 Å². The second-order valence-corrected chi connectivity index (χ2v) is 10.5. The highest BCUT2D eigenvalue weighted by Gasteiger charge is 2.31. The molecule has 1 saturated carbocycles. The van der Waals surface area contributed by atoms with Gasteiger partial charge in [0.05, 0.1) is 12.7 Å². The van der Waals surface area contributed by atoms with E-state index in [9.17, 15) is 4.79 Å². The fourth-order valence-corrected chi connectivity index (χ4v) is 4.35. The third-order valence-electron chi connectivity index (χ3n) is 6.29. The number of amides is 1. The van der Waals surface area contributed by atoms with Gasteiger partial charge < -0.3 is 14.8 Å². The lowest BCUT2D eigenvalue weighted by Gasteiger charge is -2.32. The molecule has 0 aromatic heterocycles. The smallest absolute Gasteiger partial charge is 0.225 e. The van der Waals surface area contributed by atoms with Crippen molar-refractivity contribution in [1.82, 2.24) is 5.32 Å². The predicted molar refractivity (Wildman–Crippen MR) is 133 cm³/mol. The minimum atomic E-state index is -0.407. The molecule has 0 unspecified atom stereocenters. The van der Waals surface area contributed by atoms with Crippen molar-refractivity contribution in [2.75, 3.05) is 6.61 Å². The van der Waals surface area contributed by atoms with Gasteiger partial charge in [0.15, 0.2) is 0 Å². The van der Waals surface area contributed by atoms with E-state index in [4.69, 9.17) is 9.47 Å². The van der Waals surface area contributed by atoms with Crippen LogP contribution in [0.15, 0.2) is 46.9 Å². The first kappa shape index (κ1) is 24.6. The van der Waals surface area contributed by atoms with Gasteiger partial charge in [-0.05, 0) is 93.8 Å². The molecule has 1 N–H and O–H groups in total. The van der Waals surface area contributed by atoms with Crippen LogP contribution >= 0.6 is 15.9 Å². The Hall–Kier alpha value is -2.01. The summed E-state index contributed by atoms with van der Waals surface area (Å²) < 4.78 is 13.1. The molecule has 1 aliphatic rings.